The van der Waals surface area contributed by atoms with Crippen molar-refractivity contribution in [1.29, 1.82) is 0 Å². The molecular weight excluding hydrogens is 275 g/mol. The Labute approximate surface area is 105 Å². The van der Waals surface area contributed by atoms with Crippen LogP contribution in [0.5, 0.6) is 0 Å². The van der Waals surface area contributed by atoms with Crippen LogP contribution >= 0.6 is 27.5 Å². The van der Waals surface area contributed by atoms with Crippen molar-refractivity contribution in [1.82, 2.24) is 4.98 Å². The summed E-state index contributed by atoms with van der Waals surface area (Å²) in [5.74, 6) is 0.826. The SMILES string of the molecule is CCC(C)(C)N(C)c1ncc(Br)cc1Cl. The van der Waals surface area contributed by atoms with Gasteiger partial charge in [0.15, 0.2) is 0 Å². The van der Waals surface area contributed by atoms with Crippen LogP contribution in [-0.4, -0.2) is 17.6 Å². The molecule has 1 rings (SSSR count). The summed E-state index contributed by atoms with van der Waals surface area (Å²) in [6, 6.07) is 1.87. The van der Waals surface area contributed by atoms with Gasteiger partial charge in [-0.15, -0.1) is 0 Å². The lowest BCUT2D eigenvalue weighted by molar-refractivity contribution is 0.467. The van der Waals surface area contributed by atoms with Crippen LogP contribution in [-0.2, 0) is 0 Å². The third-order valence-electron chi connectivity index (χ3n) is 2.88. The van der Waals surface area contributed by atoms with Crippen LogP contribution in [0.15, 0.2) is 16.7 Å². The second kappa shape index (κ2) is 4.71. The molecule has 1 aromatic heterocycles. The molecule has 0 unspecified atom stereocenters. The summed E-state index contributed by atoms with van der Waals surface area (Å²) < 4.78 is 0.902. The normalized spacial score (nSPS) is 11.6. The minimum Gasteiger partial charge on any atom is -0.353 e. The van der Waals surface area contributed by atoms with Crippen molar-refractivity contribution in [2.75, 3.05) is 11.9 Å². The molecule has 0 saturated carbocycles. The summed E-state index contributed by atoms with van der Waals surface area (Å²) >= 11 is 9.50. The number of aromatic nitrogens is 1. The fourth-order valence-corrected chi connectivity index (χ4v) is 1.93. The van der Waals surface area contributed by atoms with E-state index in [0.717, 1.165) is 16.7 Å². The third-order valence-corrected chi connectivity index (χ3v) is 3.59. The van der Waals surface area contributed by atoms with Crippen molar-refractivity contribution in [2.24, 2.45) is 0 Å². The summed E-state index contributed by atoms with van der Waals surface area (Å²) in [6.45, 7) is 6.50. The molecule has 0 N–H and O–H groups in total. The Morgan fingerprint density at radius 2 is 2.13 bits per heavy atom. The van der Waals surface area contributed by atoms with Gasteiger partial charge < -0.3 is 4.90 Å². The molecule has 2 nitrogen and oxygen atoms in total. The smallest absolute Gasteiger partial charge is 0.147 e. The maximum Gasteiger partial charge on any atom is 0.147 e. The zero-order valence-electron chi connectivity index (χ0n) is 9.51. The largest absolute Gasteiger partial charge is 0.353 e. The van der Waals surface area contributed by atoms with Gasteiger partial charge in [0, 0.05) is 23.3 Å². The molecule has 84 valence electrons. The van der Waals surface area contributed by atoms with E-state index in [1.165, 1.54) is 0 Å². The molecule has 0 fully saturated rings. The Morgan fingerprint density at radius 1 is 1.53 bits per heavy atom. The second-order valence-corrected chi connectivity index (χ2v) is 5.51. The standard InChI is InChI=1S/C11H16BrClN2/c1-5-11(2,3)15(4)10-9(13)6-8(12)7-14-10/h6-7H,5H2,1-4H3. The Bertz CT molecular complexity index is 352. The summed E-state index contributed by atoms with van der Waals surface area (Å²) in [7, 11) is 2.02. The lowest BCUT2D eigenvalue weighted by atomic mass is 10.00. The van der Waals surface area contributed by atoms with E-state index in [1.54, 1.807) is 6.20 Å². The van der Waals surface area contributed by atoms with E-state index < -0.39 is 0 Å². The molecule has 1 aromatic rings. The van der Waals surface area contributed by atoms with E-state index in [9.17, 15) is 0 Å². The van der Waals surface area contributed by atoms with Gasteiger partial charge in [-0.3, -0.25) is 0 Å². The molecule has 0 aliphatic carbocycles. The Morgan fingerprint density at radius 3 is 2.60 bits per heavy atom. The number of anilines is 1. The van der Waals surface area contributed by atoms with E-state index in [1.807, 2.05) is 13.1 Å². The summed E-state index contributed by atoms with van der Waals surface area (Å²) in [5.41, 5.74) is 0.0600. The molecule has 0 amide bonds. The molecule has 0 aromatic carbocycles. The van der Waals surface area contributed by atoms with E-state index in [2.05, 4.69) is 46.6 Å². The fourth-order valence-electron chi connectivity index (χ4n) is 1.18. The molecule has 0 spiro atoms. The van der Waals surface area contributed by atoms with Crippen molar-refractivity contribution in [3.8, 4) is 0 Å². The minimum absolute atomic E-state index is 0.0600. The number of rotatable bonds is 3. The first-order valence-corrected chi connectivity index (χ1v) is 6.10. The Balaban J connectivity index is 3.06. The zero-order chi connectivity index (χ0) is 11.6. The summed E-state index contributed by atoms with van der Waals surface area (Å²) in [5, 5.41) is 0.674. The molecular formula is C11H16BrClN2. The molecule has 4 heteroatoms. The average Bonchev–Trinajstić information content (AvgIpc) is 2.17. The number of pyridine rings is 1. The molecule has 0 atom stereocenters. The van der Waals surface area contributed by atoms with Crippen molar-refractivity contribution >= 4 is 33.3 Å². The molecule has 0 bridgehead atoms. The Hall–Kier alpha value is -0.280. The van der Waals surface area contributed by atoms with Crippen LogP contribution in [0.2, 0.25) is 5.02 Å². The quantitative estimate of drug-likeness (QED) is 0.832. The van der Waals surface area contributed by atoms with Gasteiger partial charge in [-0.05, 0) is 42.3 Å². The lowest BCUT2D eigenvalue weighted by Gasteiger charge is -2.36. The van der Waals surface area contributed by atoms with Gasteiger partial charge in [0.25, 0.3) is 0 Å². The van der Waals surface area contributed by atoms with Crippen LogP contribution in [0, 0.1) is 0 Å². The zero-order valence-corrected chi connectivity index (χ0v) is 11.9. The summed E-state index contributed by atoms with van der Waals surface area (Å²) in [6.07, 6.45) is 2.81. The number of nitrogens with zero attached hydrogens (tertiary/aromatic N) is 2. The van der Waals surface area contributed by atoms with Crippen molar-refractivity contribution < 1.29 is 0 Å². The molecule has 0 aliphatic rings. The first kappa shape index (κ1) is 12.8. The van der Waals surface area contributed by atoms with Crippen LogP contribution in [0.3, 0.4) is 0 Å². The monoisotopic (exact) mass is 290 g/mol. The average molecular weight is 292 g/mol. The van der Waals surface area contributed by atoms with E-state index >= 15 is 0 Å². The predicted molar refractivity (Wildman–Crippen MR) is 69.7 cm³/mol. The topological polar surface area (TPSA) is 16.1 Å². The van der Waals surface area contributed by atoms with Crippen LogP contribution in [0.25, 0.3) is 0 Å². The predicted octanol–water partition coefficient (Wildman–Crippen LogP) is 4.12. The van der Waals surface area contributed by atoms with Gasteiger partial charge in [0.05, 0.1) is 5.02 Å². The maximum atomic E-state index is 6.15. The van der Waals surface area contributed by atoms with E-state index in [-0.39, 0.29) is 5.54 Å². The van der Waals surface area contributed by atoms with E-state index in [4.69, 9.17) is 11.6 Å². The molecule has 1 heterocycles. The highest BCUT2D eigenvalue weighted by Crippen LogP contribution is 2.30. The second-order valence-electron chi connectivity index (χ2n) is 4.18. The minimum atomic E-state index is 0.0600. The Kier molecular flexibility index (Phi) is 4.01. The van der Waals surface area contributed by atoms with Crippen molar-refractivity contribution in [3.05, 3.63) is 21.8 Å². The highest BCUT2D eigenvalue weighted by molar-refractivity contribution is 9.10. The highest BCUT2D eigenvalue weighted by Gasteiger charge is 2.23. The van der Waals surface area contributed by atoms with Crippen molar-refractivity contribution in [2.45, 2.75) is 32.7 Å². The van der Waals surface area contributed by atoms with Crippen molar-refractivity contribution in [3.63, 3.8) is 0 Å². The number of hydrogen-bond donors (Lipinski definition) is 0. The number of hydrogen-bond acceptors (Lipinski definition) is 2. The third kappa shape index (κ3) is 2.85. The molecule has 15 heavy (non-hydrogen) atoms. The number of halogens is 2. The van der Waals surface area contributed by atoms with Crippen LogP contribution < -0.4 is 4.90 Å². The molecule has 0 saturated heterocycles. The van der Waals surface area contributed by atoms with E-state index in [0.29, 0.717) is 5.02 Å². The van der Waals surface area contributed by atoms with Gasteiger partial charge in [0.2, 0.25) is 0 Å². The first-order chi connectivity index (χ1) is 6.88. The van der Waals surface area contributed by atoms with Gasteiger partial charge >= 0.3 is 0 Å². The summed E-state index contributed by atoms with van der Waals surface area (Å²) in [4.78, 5) is 6.45. The molecule has 0 radical (unpaired) electrons. The lowest BCUT2D eigenvalue weighted by Crippen LogP contribution is -2.41. The van der Waals surface area contributed by atoms with Crippen LogP contribution in [0.4, 0.5) is 5.82 Å². The van der Waals surface area contributed by atoms with Crippen LogP contribution in [0.1, 0.15) is 27.2 Å². The fraction of sp³-hybridized carbons (Fsp3) is 0.545. The van der Waals surface area contributed by atoms with Gasteiger partial charge in [-0.2, -0.15) is 0 Å². The van der Waals surface area contributed by atoms with Gasteiger partial charge in [-0.1, -0.05) is 18.5 Å². The molecule has 0 aliphatic heterocycles. The van der Waals surface area contributed by atoms with Gasteiger partial charge in [-0.25, -0.2) is 4.98 Å². The first-order valence-electron chi connectivity index (χ1n) is 4.93. The highest BCUT2D eigenvalue weighted by atomic mass is 79.9. The maximum absolute atomic E-state index is 6.15. The van der Waals surface area contributed by atoms with Gasteiger partial charge in [0.1, 0.15) is 5.82 Å².